The molecular formula is C10H15N. The van der Waals surface area contributed by atoms with Gasteiger partial charge in [-0.2, -0.15) is 0 Å². The Balaban J connectivity index is 2.93. The van der Waals surface area contributed by atoms with E-state index >= 15 is 0 Å². The van der Waals surface area contributed by atoms with Crippen LogP contribution in [0.25, 0.3) is 0 Å². The van der Waals surface area contributed by atoms with E-state index in [0.717, 1.165) is 12.1 Å². The van der Waals surface area contributed by atoms with Gasteiger partial charge in [0.25, 0.3) is 0 Å². The number of allylic oxidation sites excluding steroid dienone is 4. The van der Waals surface area contributed by atoms with Crippen molar-refractivity contribution < 1.29 is 0 Å². The number of hydrogen-bond acceptors (Lipinski definition) is 1. The van der Waals surface area contributed by atoms with Crippen molar-refractivity contribution in [2.75, 3.05) is 0 Å². The second-order valence-electron chi connectivity index (χ2n) is 3.79. The third-order valence-electron chi connectivity index (χ3n) is 2.34. The first-order chi connectivity index (χ1) is 5.02. The summed E-state index contributed by atoms with van der Waals surface area (Å²) >= 11 is 0. The zero-order chi connectivity index (χ0) is 8.48. The summed E-state index contributed by atoms with van der Waals surface area (Å²) in [5, 5.41) is 7.55. The first-order valence-electron chi connectivity index (χ1n) is 3.95. The molecule has 0 atom stereocenters. The second-order valence-corrected chi connectivity index (χ2v) is 3.79. The van der Waals surface area contributed by atoms with Crippen LogP contribution in [0, 0.1) is 10.8 Å². The fourth-order valence-electron chi connectivity index (χ4n) is 1.21. The highest BCUT2D eigenvalue weighted by atomic mass is 14.4. The lowest BCUT2D eigenvalue weighted by atomic mass is 9.81. The number of hydrogen-bond donors (Lipinski definition) is 1. The van der Waals surface area contributed by atoms with E-state index in [1.807, 2.05) is 12.2 Å². The van der Waals surface area contributed by atoms with Crippen molar-refractivity contribution in [3.63, 3.8) is 0 Å². The minimum Gasteiger partial charge on any atom is -0.305 e. The highest BCUT2D eigenvalue weighted by Crippen LogP contribution is 2.31. The SMILES string of the molecule is CC1=CC=CC(=N)CC1(C)C. The topological polar surface area (TPSA) is 23.9 Å². The molecule has 0 aromatic rings. The molecule has 0 spiro atoms. The maximum Gasteiger partial charge on any atom is 0.0322 e. The summed E-state index contributed by atoms with van der Waals surface area (Å²) in [5.41, 5.74) is 2.25. The molecule has 0 amide bonds. The Hall–Kier alpha value is -0.850. The summed E-state index contributed by atoms with van der Waals surface area (Å²) < 4.78 is 0. The van der Waals surface area contributed by atoms with Gasteiger partial charge >= 0.3 is 0 Å². The second kappa shape index (κ2) is 2.65. The number of rotatable bonds is 0. The third-order valence-corrected chi connectivity index (χ3v) is 2.34. The molecule has 0 unspecified atom stereocenters. The molecule has 60 valence electrons. The predicted molar refractivity (Wildman–Crippen MR) is 49.0 cm³/mol. The predicted octanol–water partition coefficient (Wildman–Crippen LogP) is 2.94. The molecule has 1 nitrogen and oxygen atoms in total. The molecule has 0 aromatic heterocycles. The summed E-state index contributed by atoms with van der Waals surface area (Å²) in [5.74, 6) is 0. The van der Waals surface area contributed by atoms with Crippen molar-refractivity contribution in [2.24, 2.45) is 5.41 Å². The van der Waals surface area contributed by atoms with Crippen LogP contribution >= 0.6 is 0 Å². The molecule has 1 aliphatic rings. The zero-order valence-electron chi connectivity index (χ0n) is 7.44. The fourth-order valence-corrected chi connectivity index (χ4v) is 1.21. The molecule has 0 aromatic carbocycles. The van der Waals surface area contributed by atoms with Crippen molar-refractivity contribution in [3.8, 4) is 0 Å². The van der Waals surface area contributed by atoms with E-state index in [9.17, 15) is 0 Å². The molecule has 0 fully saturated rings. The van der Waals surface area contributed by atoms with E-state index in [-0.39, 0.29) is 5.41 Å². The van der Waals surface area contributed by atoms with Gasteiger partial charge in [-0.1, -0.05) is 31.6 Å². The number of nitrogens with one attached hydrogen (secondary N) is 1. The first kappa shape index (κ1) is 8.25. The molecule has 0 aliphatic heterocycles. The lowest BCUT2D eigenvalue weighted by Gasteiger charge is -2.23. The first-order valence-corrected chi connectivity index (χ1v) is 3.95. The standard InChI is InChI=1S/C10H15N/c1-8-5-4-6-9(11)7-10(8,2)3/h4-6,11H,7H2,1-3H3. The summed E-state index contributed by atoms with van der Waals surface area (Å²) in [4.78, 5) is 0. The molecule has 0 saturated heterocycles. The quantitative estimate of drug-likeness (QED) is 0.547. The maximum absolute atomic E-state index is 7.55. The van der Waals surface area contributed by atoms with Gasteiger partial charge in [-0.3, -0.25) is 0 Å². The molecule has 0 bridgehead atoms. The highest BCUT2D eigenvalue weighted by Gasteiger charge is 2.21. The molecule has 0 heterocycles. The van der Waals surface area contributed by atoms with Crippen LogP contribution in [0.2, 0.25) is 0 Å². The monoisotopic (exact) mass is 149 g/mol. The van der Waals surface area contributed by atoms with Gasteiger partial charge in [0.1, 0.15) is 0 Å². The summed E-state index contributed by atoms with van der Waals surface area (Å²) in [6.45, 7) is 6.49. The van der Waals surface area contributed by atoms with Crippen LogP contribution in [0.3, 0.4) is 0 Å². The third kappa shape index (κ3) is 1.79. The maximum atomic E-state index is 7.55. The van der Waals surface area contributed by atoms with Crippen LogP contribution < -0.4 is 0 Å². The highest BCUT2D eigenvalue weighted by molar-refractivity contribution is 5.93. The van der Waals surface area contributed by atoms with Crippen LogP contribution in [-0.2, 0) is 0 Å². The smallest absolute Gasteiger partial charge is 0.0322 e. The molecule has 0 saturated carbocycles. The molecule has 11 heavy (non-hydrogen) atoms. The zero-order valence-corrected chi connectivity index (χ0v) is 7.44. The normalized spacial score (nSPS) is 22.8. The minimum absolute atomic E-state index is 0.167. The van der Waals surface area contributed by atoms with Gasteiger partial charge in [0.05, 0.1) is 0 Å². The van der Waals surface area contributed by atoms with Crippen LogP contribution in [0.1, 0.15) is 27.2 Å². The molecule has 1 rings (SSSR count). The van der Waals surface area contributed by atoms with Crippen LogP contribution in [0.4, 0.5) is 0 Å². The van der Waals surface area contributed by atoms with Crippen molar-refractivity contribution in [3.05, 3.63) is 23.8 Å². The van der Waals surface area contributed by atoms with Crippen LogP contribution in [0.15, 0.2) is 23.8 Å². The average Bonchev–Trinajstić information content (AvgIpc) is 1.93. The van der Waals surface area contributed by atoms with Crippen molar-refractivity contribution in [1.82, 2.24) is 0 Å². The van der Waals surface area contributed by atoms with Gasteiger partial charge in [-0.05, 0) is 24.8 Å². The lowest BCUT2D eigenvalue weighted by Crippen LogP contribution is -2.15. The van der Waals surface area contributed by atoms with Gasteiger partial charge in [-0.15, -0.1) is 0 Å². The molecule has 1 N–H and O–H groups in total. The Morgan fingerprint density at radius 2 is 2.09 bits per heavy atom. The molecule has 1 aliphatic carbocycles. The van der Waals surface area contributed by atoms with E-state index in [1.165, 1.54) is 5.57 Å². The minimum atomic E-state index is 0.167. The van der Waals surface area contributed by atoms with Gasteiger partial charge < -0.3 is 5.41 Å². The van der Waals surface area contributed by atoms with E-state index in [0.29, 0.717) is 0 Å². The Kier molecular flexibility index (Phi) is 1.99. The van der Waals surface area contributed by atoms with Gasteiger partial charge in [0.2, 0.25) is 0 Å². The van der Waals surface area contributed by atoms with Crippen molar-refractivity contribution in [1.29, 1.82) is 5.41 Å². The largest absolute Gasteiger partial charge is 0.305 e. The molecule has 1 heteroatoms. The Morgan fingerprint density at radius 3 is 2.73 bits per heavy atom. The fraction of sp³-hybridized carbons (Fsp3) is 0.500. The van der Waals surface area contributed by atoms with Gasteiger partial charge in [0, 0.05) is 5.71 Å². The molecular weight excluding hydrogens is 134 g/mol. The van der Waals surface area contributed by atoms with E-state index < -0.39 is 0 Å². The Labute approximate surface area is 68.3 Å². The average molecular weight is 149 g/mol. The van der Waals surface area contributed by atoms with Gasteiger partial charge in [-0.25, -0.2) is 0 Å². The van der Waals surface area contributed by atoms with Crippen molar-refractivity contribution in [2.45, 2.75) is 27.2 Å². The summed E-state index contributed by atoms with van der Waals surface area (Å²) in [6, 6.07) is 0. The van der Waals surface area contributed by atoms with Crippen molar-refractivity contribution >= 4 is 5.71 Å². The summed E-state index contributed by atoms with van der Waals surface area (Å²) in [6.07, 6.45) is 6.79. The van der Waals surface area contributed by atoms with Gasteiger partial charge in [0.15, 0.2) is 0 Å². The Bertz CT molecular complexity index is 231. The van der Waals surface area contributed by atoms with E-state index in [1.54, 1.807) is 0 Å². The van der Waals surface area contributed by atoms with Crippen LogP contribution in [-0.4, -0.2) is 5.71 Å². The lowest BCUT2D eigenvalue weighted by molar-refractivity contribution is 0.468. The van der Waals surface area contributed by atoms with E-state index in [2.05, 4.69) is 26.8 Å². The van der Waals surface area contributed by atoms with E-state index in [4.69, 9.17) is 5.41 Å². The van der Waals surface area contributed by atoms with Crippen LogP contribution in [0.5, 0.6) is 0 Å². The Morgan fingerprint density at radius 1 is 1.45 bits per heavy atom. The molecule has 0 radical (unpaired) electrons. The summed E-state index contributed by atoms with van der Waals surface area (Å²) in [7, 11) is 0.